The van der Waals surface area contributed by atoms with E-state index in [9.17, 15) is 4.79 Å². The first-order chi connectivity index (χ1) is 10.1. The minimum Gasteiger partial charge on any atom is -0.384 e. The third-order valence-electron chi connectivity index (χ3n) is 3.01. The summed E-state index contributed by atoms with van der Waals surface area (Å²) in [6.45, 7) is 0. The summed E-state index contributed by atoms with van der Waals surface area (Å²) < 4.78 is 1.38. The Kier molecular flexibility index (Phi) is 3.22. The highest BCUT2D eigenvalue weighted by Crippen LogP contribution is 2.28. The van der Waals surface area contributed by atoms with Crippen molar-refractivity contribution in [2.24, 2.45) is 12.8 Å². The maximum Gasteiger partial charge on any atom is 0.343 e. The standard InChI is InChI=1S/C13H12N6OS/c1-19-12(20)17-18-13(19)21-11-8(10(14)15)6-7-4-2-3-5-9(7)16-11/h2-6H,1H3,(H3,14,15)(H,17,20). The van der Waals surface area contributed by atoms with Gasteiger partial charge in [0.15, 0.2) is 5.16 Å². The van der Waals surface area contributed by atoms with Crippen LogP contribution in [0.15, 0.2) is 45.3 Å². The average Bonchev–Trinajstić information content (AvgIpc) is 2.78. The van der Waals surface area contributed by atoms with Crippen LogP contribution in [0.1, 0.15) is 5.56 Å². The number of fused-ring (bicyclic) bond motifs is 1. The number of amidine groups is 1. The summed E-state index contributed by atoms with van der Waals surface area (Å²) in [6, 6.07) is 9.40. The second kappa shape index (κ2) is 5.06. The highest BCUT2D eigenvalue weighted by molar-refractivity contribution is 7.99. The van der Waals surface area contributed by atoms with Crippen molar-refractivity contribution in [3.8, 4) is 0 Å². The molecule has 7 nitrogen and oxygen atoms in total. The molecule has 0 saturated carbocycles. The Bertz CT molecular complexity index is 897. The van der Waals surface area contributed by atoms with E-state index in [-0.39, 0.29) is 11.5 Å². The van der Waals surface area contributed by atoms with Gasteiger partial charge in [0.25, 0.3) is 0 Å². The molecule has 0 amide bonds. The fourth-order valence-electron chi connectivity index (χ4n) is 1.88. The Hall–Kier alpha value is -2.61. The number of para-hydroxylation sites is 1. The van der Waals surface area contributed by atoms with Crippen LogP contribution in [-0.2, 0) is 7.05 Å². The Balaban J connectivity index is 2.15. The zero-order valence-corrected chi connectivity index (χ0v) is 11.9. The number of hydrogen-bond acceptors (Lipinski definition) is 5. The van der Waals surface area contributed by atoms with Crippen LogP contribution >= 0.6 is 11.8 Å². The summed E-state index contributed by atoms with van der Waals surface area (Å²) in [7, 11) is 1.61. The van der Waals surface area contributed by atoms with E-state index in [0.717, 1.165) is 10.9 Å². The Morgan fingerprint density at radius 3 is 2.86 bits per heavy atom. The summed E-state index contributed by atoms with van der Waals surface area (Å²) in [5.41, 5.74) is 6.65. The maximum absolute atomic E-state index is 11.4. The van der Waals surface area contributed by atoms with Gasteiger partial charge in [-0.05, 0) is 23.9 Å². The zero-order valence-electron chi connectivity index (χ0n) is 11.1. The number of pyridine rings is 1. The lowest BCUT2D eigenvalue weighted by molar-refractivity contribution is 0.765. The molecule has 0 radical (unpaired) electrons. The molecule has 0 spiro atoms. The molecule has 106 valence electrons. The van der Waals surface area contributed by atoms with Gasteiger partial charge in [-0.25, -0.2) is 14.9 Å². The van der Waals surface area contributed by atoms with E-state index >= 15 is 0 Å². The van der Waals surface area contributed by atoms with Gasteiger partial charge in [-0.15, -0.1) is 5.10 Å². The molecule has 0 unspecified atom stereocenters. The largest absolute Gasteiger partial charge is 0.384 e. The maximum atomic E-state index is 11.4. The van der Waals surface area contributed by atoms with E-state index in [1.165, 1.54) is 16.3 Å². The lowest BCUT2D eigenvalue weighted by atomic mass is 10.1. The number of nitrogen functional groups attached to an aromatic ring is 1. The number of rotatable bonds is 3. The normalized spacial score (nSPS) is 10.9. The molecule has 4 N–H and O–H groups in total. The minimum absolute atomic E-state index is 0.0729. The number of nitrogens with zero attached hydrogens (tertiary/aromatic N) is 3. The number of aromatic amines is 1. The van der Waals surface area contributed by atoms with Crippen LogP contribution in [0.3, 0.4) is 0 Å². The monoisotopic (exact) mass is 300 g/mol. The van der Waals surface area contributed by atoms with Gasteiger partial charge in [0, 0.05) is 18.0 Å². The molecule has 0 aliphatic heterocycles. The first-order valence-corrected chi connectivity index (χ1v) is 6.91. The van der Waals surface area contributed by atoms with Gasteiger partial charge in [-0.3, -0.25) is 9.98 Å². The first kappa shape index (κ1) is 13.4. The number of H-pyrrole nitrogens is 1. The molecule has 0 aliphatic carbocycles. The molecule has 0 bridgehead atoms. The first-order valence-electron chi connectivity index (χ1n) is 6.09. The van der Waals surface area contributed by atoms with E-state index in [2.05, 4.69) is 15.2 Å². The predicted molar refractivity (Wildman–Crippen MR) is 80.7 cm³/mol. The van der Waals surface area contributed by atoms with Crippen LogP contribution in [0.25, 0.3) is 10.9 Å². The minimum atomic E-state index is -0.303. The molecular weight excluding hydrogens is 288 g/mol. The summed E-state index contributed by atoms with van der Waals surface area (Å²) in [5.74, 6) is -0.0729. The predicted octanol–water partition coefficient (Wildman–Crippen LogP) is 1.09. The number of nitrogens with one attached hydrogen (secondary N) is 2. The van der Waals surface area contributed by atoms with E-state index in [0.29, 0.717) is 15.7 Å². The molecule has 8 heteroatoms. The van der Waals surface area contributed by atoms with Crippen molar-refractivity contribution in [1.29, 1.82) is 5.41 Å². The van der Waals surface area contributed by atoms with Gasteiger partial charge in [0.05, 0.1) is 5.52 Å². The van der Waals surface area contributed by atoms with Gasteiger partial charge in [-0.2, -0.15) is 0 Å². The number of hydrogen-bond donors (Lipinski definition) is 3. The number of benzene rings is 1. The van der Waals surface area contributed by atoms with Crippen molar-refractivity contribution in [3.05, 3.63) is 46.4 Å². The Labute approximate surface area is 123 Å². The van der Waals surface area contributed by atoms with Crippen LogP contribution in [0, 0.1) is 5.41 Å². The van der Waals surface area contributed by atoms with Crippen molar-refractivity contribution < 1.29 is 0 Å². The molecule has 0 fully saturated rings. The van der Waals surface area contributed by atoms with Crippen LogP contribution in [0.5, 0.6) is 0 Å². The van der Waals surface area contributed by atoms with E-state index in [4.69, 9.17) is 11.1 Å². The molecule has 2 aromatic heterocycles. The van der Waals surface area contributed by atoms with Gasteiger partial charge in [0.2, 0.25) is 0 Å². The van der Waals surface area contributed by atoms with E-state index in [1.54, 1.807) is 7.05 Å². The van der Waals surface area contributed by atoms with Crippen molar-refractivity contribution in [3.63, 3.8) is 0 Å². The topological polar surface area (TPSA) is 113 Å². The SMILES string of the molecule is Cn1c(Sc2nc3ccccc3cc2C(=N)N)n[nH]c1=O. The molecule has 1 aromatic carbocycles. The Morgan fingerprint density at radius 1 is 1.43 bits per heavy atom. The van der Waals surface area contributed by atoms with E-state index < -0.39 is 0 Å². The molecule has 0 atom stereocenters. The smallest absolute Gasteiger partial charge is 0.343 e. The van der Waals surface area contributed by atoms with Gasteiger partial charge >= 0.3 is 5.69 Å². The molecular formula is C13H12N6OS. The highest BCUT2D eigenvalue weighted by atomic mass is 32.2. The van der Waals surface area contributed by atoms with Crippen molar-refractivity contribution in [2.75, 3.05) is 0 Å². The second-order valence-electron chi connectivity index (χ2n) is 4.42. The van der Waals surface area contributed by atoms with Crippen LogP contribution in [-0.4, -0.2) is 25.6 Å². The van der Waals surface area contributed by atoms with Gasteiger partial charge < -0.3 is 5.73 Å². The van der Waals surface area contributed by atoms with Crippen molar-refractivity contribution >= 4 is 28.5 Å². The average molecular weight is 300 g/mol. The second-order valence-corrected chi connectivity index (χ2v) is 5.38. The molecule has 3 rings (SSSR count). The quantitative estimate of drug-likeness (QED) is 0.495. The van der Waals surface area contributed by atoms with Crippen LogP contribution in [0.2, 0.25) is 0 Å². The summed E-state index contributed by atoms with van der Waals surface area (Å²) >= 11 is 1.19. The zero-order chi connectivity index (χ0) is 15.0. The van der Waals surface area contributed by atoms with Crippen LogP contribution in [0.4, 0.5) is 0 Å². The lowest BCUT2D eigenvalue weighted by Crippen LogP contribution is -2.14. The lowest BCUT2D eigenvalue weighted by Gasteiger charge is -2.08. The number of aromatic nitrogens is 4. The summed E-state index contributed by atoms with van der Waals surface area (Å²) in [4.78, 5) is 15.9. The molecule has 2 heterocycles. The van der Waals surface area contributed by atoms with E-state index in [1.807, 2.05) is 30.3 Å². The molecule has 0 aliphatic rings. The fraction of sp³-hybridized carbons (Fsp3) is 0.0769. The molecule has 3 aromatic rings. The molecule has 0 saturated heterocycles. The Morgan fingerprint density at radius 2 is 2.19 bits per heavy atom. The fourth-order valence-corrected chi connectivity index (χ4v) is 2.79. The summed E-state index contributed by atoms with van der Waals surface area (Å²) in [5, 5.41) is 15.9. The van der Waals surface area contributed by atoms with Crippen LogP contribution < -0.4 is 11.4 Å². The van der Waals surface area contributed by atoms with Crippen molar-refractivity contribution in [1.82, 2.24) is 19.7 Å². The van der Waals surface area contributed by atoms with Crippen molar-refractivity contribution in [2.45, 2.75) is 10.2 Å². The van der Waals surface area contributed by atoms with Gasteiger partial charge in [-0.1, -0.05) is 18.2 Å². The third-order valence-corrected chi connectivity index (χ3v) is 4.06. The highest BCUT2D eigenvalue weighted by Gasteiger charge is 2.14. The number of nitrogens with two attached hydrogens (primary N) is 1. The third kappa shape index (κ3) is 2.40. The summed E-state index contributed by atoms with van der Waals surface area (Å²) in [6.07, 6.45) is 0. The molecule has 21 heavy (non-hydrogen) atoms. The van der Waals surface area contributed by atoms with Gasteiger partial charge in [0.1, 0.15) is 10.9 Å².